The molecule has 0 aliphatic rings. The SMILES string of the molecule is COc1ccc(-c2nnc3c4ccccc4c(Nc4cccc(C#N)c4)nn23)cc1. The van der Waals surface area contributed by atoms with Gasteiger partial charge in [0, 0.05) is 22.0 Å². The molecule has 3 aromatic carbocycles. The summed E-state index contributed by atoms with van der Waals surface area (Å²) in [5, 5.41) is 28.0. The molecule has 0 fully saturated rings. The highest BCUT2D eigenvalue weighted by molar-refractivity contribution is 6.01. The van der Waals surface area contributed by atoms with Crippen molar-refractivity contribution in [1.82, 2.24) is 19.8 Å². The van der Waals surface area contributed by atoms with E-state index in [1.807, 2.05) is 60.7 Å². The number of anilines is 2. The molecular weight excluding hydrogens is 376 g/mol. The van der Waals surface area contributed by atoms with E-state index in [2.05, 4.69) is 21.6 Å². The number of nitrogens with zero attached hydrogens (tertiary/aromatic N) is 5. The zero-order chi connectivity index (χ0) is 20.5. The minimum absolute atomic E-state index is 0.577. The monoisotopic (exact) mass is 392 g/mol. The number of nitriles is 1. The molecule has 7 nitrogen and oxygen atoms in total. The predicted octanol–water partition coefficient (Wildman–Crippen LogP) is 4.57. The van der Waals surface area contributed by atoms with Gasteiger partial charge in [0.15, 0.2) is 17.3 Å². The molecule has 0 saturated carbocycles. The van der Waals surface area contributed by atoms with Crippen LogP contribution in [0.15, 0.2) is 72.8 Å². The van der Waals surface area contributed by atoms with Gasteiger partial charge in [-0.25, -0.2) is 0 Å². The number of ether oxygens (including phenoxy) is 1. The van der Waals surface area contributed by atoms with Crippen LogP contribution in [-0.4, -0.2) is 26.9 Å². The van der Waals surface area contributed by atoms with E-state index in [1.54, 1.807) is 23.8 Å². The first-order valence-electron chi connectivity index (χ1n) is 9.32. The normalized spacial score (nSPS) is 10.8. The molecule has 0 aliphatic carbocycles. The van der Waals surface area contributed by atoms with Gasteiger partial charge in [0.1, 0.15) is 5.75 Å². The minimum atomic E-state index is 0.577. The molecule has 2 heterocycles. The minimum Gasteiger partial charge on any atom is -0.497 e. The van der Waals surface area contributed by atoms with Crippen LogP contribution in [0.25, 0.3) is 27.8 Å². The van der Waals surface area contributed by atoms with Gasteiger partial charge in [0.25, 0.3) is 0 Å². The Hall–Kier alpha value is -4.44. The molecule has 30 heavy (non-hydrogen) atoms. The van der Waals surface area contributed by atoms with E-state index >= 15 is 0 Å². The Bertz CT molecular complexity index is 1420. The molecule has 7 heteroatoms. The number of hydrogen-bond acceptors (Lipinski definition) is 6. The second-order valence-electron chi connectivity index (χ2n) is 6.70. The Morgan fingerprint density at radius 1 is 0.933 bits per heavy atom. The summed E-state index contributed by atoms with van der Waals surface area (Å²) in [6.45, 7) is 0. The van der Waals surface area contributed by atoms with Crippen molar-refractivity contribution in [2.24, 2.45) is 0 Å². The number of aromatic nitrogens is 4. The molecule has 0 spiro atoms. The van der Waals surface area contributed by atoms with E-state index < -0.39 is 0 Å². The van der Waals surface area contributed by atoms with Gasteiger partial charge in [-0.3, -0.25) is 0 Å². The molecule has 0 amide bonds. The number of nitrogens with one attached hydrogen (secondary N) is 1. The second-order valence-corrected chi connectivity index (χ2v) is 6.70. The zero-order valence-corrected chi connectivity index (χ0v) is 16.1. The third kappa shape index (κ3) is 2.97. The largest absolute Gasteiger partial charge is 0.497 e. The quantitative estimate of drug-likeness (QED) is 0.482. The van der Waals surface area contributed by atoms with Crippen LogP contribution >= 0.6 is 0 Å². The van der Waals surface area contributed by atoms with Gasteiger partial charge in [-0.05, 0) is 42.5 Å². The van der Waals surface area contributed by atoms with E-state index in [0.29, 0.717) is 22.9 Å². The summed E-state index contributed by atoms with van der Waals surface area (Å²) in [7, 11) is 1.63. The first-order chi connectivity index (χ1) is 14.8. The molecule has 2 aromatic heterocycles. The molecule has 5 aromatic rings. The molecular formula is C23H16N6O. The van der Waals surface area contributed by atoms with Crippen molar-refractivity contribution in [3.8, 4) is 23.2 Å². The predicted molar refractivity (Wildman–Crippen MR) is 115 cm³/mol. The molecule has 0 atom stereocenters. The van der Waals surface area contributed by atoms with Crippen molar-refractivity contribution in [3.63, 3.8) is 0 Å². The van der Waals surface area contributed by atoms with Crippen molar-refractivity contribution in [1.29, 1.82) is 5.26 Å². The lowest BCUT2D eigenvalue weighted by atomic mass is 10.1. The van der Waals surface area contributed by atoms with Gasteiger partial charge in [0.05, 0.1) is 18.7 Å². The highest BCUT2D eigenvalue weighted by Gasteiger charge is 2.15. The maximum atomic E-state index is 9.19. The van der Waals surface area contributed by atoms with Gasteiger partial charge < -0.3 is 10.1 Å². The number of fused-ring (bicyclic) bond motifs is 3. The van der Waals surface area contributed by atoms with E-state index in [4.69, 9.17) is 9.84 Å². The van der Waals surface area contributed by atoms with Crippen LogP contribution < -0.4 is 10.1 Å². The van der Waals surface area contributed by atoms with Crippen molar-refractivity contribution in [2.75, 3.05) is 12.4 Å². The zero-order valence-electron chi connectivity index (χ0n) is 16.1. The average Bonchev–Trinajstić information content (AvgIpc) is 3.23. The fraction of sp³-hybridized carbons (Fsp3) is 0.0435. The van der Waals surface area contributed by atoms with E-state index in [-0.39, 0.29) is 0 Å². The Morgan fingerprint density at radius 2 is 1.73 bits per heavy atom. The van der Waals surface area contributed by atoms with E-state index in [9.17, 15) is 5.26 Å². The lowest BCUT2D eigenvalue weighted by Gasteiger charge is -2.11. The molecule has 1 N–H and O–H groups in total. The summed E-state index contributed by atoms with van der Waals surface area (Å²) in [5.41, 5.74) is 2.91. The van der Waals surface area contributed by atoms with Crippen LogP contribution in [0, 0.1) is 11.3 Å². The Labute approximate surface area is 172 Å². The molecule has 0 radical (unpaired) electrons. The van der Waals surface area contributed by atoms with Crippen molar-refractivity contribution in [3.05, 3.63) is 78.4 Å². The number of methoxy groups -OCH3 is 1. The lowest BCUT2D eigenvalue weighted by molar-refractivity contribution is 0.415. The average molecular weight is 392 g/mol. The second kappa shape index (κ2) is 7.18. The Morgan fingerprint density at radius 3 is 2.50 bits per heavy atom. The van der Waals surface area contributed by atoms with E-state index in [1.165, 1.54) is 0 Å². The summed E-state index contributed by atoms with van der Waals surface area (Å²) in [4.78, 5) is 0. The van der Waals surface area contributed by atoms with Crippen LogP contribution in [0.2, 0.25) is 0 Å². The Kier molecular flexibility index (Phi) is 4.23. The van der Waals surface area contributed by atoms with Gasteiger partial charge in [-0.2, -0.15) is 9.78 Å². The molecule has 0 saturated heterocycles. The first kappa shape index (κ1) is 17.6. The topological polar surface area (TPSA) is 88.1 Å². The summed E-state index contributed by atoms with van der Waals surface area (Å²) in [5.74, 6) is 2.06. The highest BCUT2D eigenvalue weighted by Crippen LogP contribution is 2.29. The van der Waals surface area contributed by atoms with Crippen LogP contribution in [-0.2, 0) is 0 Å². The summed E-state index contributed by atoms with van der Waals surface area (Å²) in [6.07, 6.45) is 0. The first-order valence-corrected chi connectivity index (χ1v) is 9.32. The molecule has 5 rings (SSSR count). The maximum Gasteiger partial charge on any atom is 0.186 e. The van der Waals surface area contributed by atoms with Crippen LogP contribution in [0.3, 0.4) is 0 Å². The van der Waals surface area contributed by atoms with Gasteiger partial charge in [-0.15, -0.1) is 15.3 Å². The molecule has 0 unspecified atom stereocenters. The fourth-order valence-corrected chi connectivity index (χ4v) is 3.40. The molecule has 144 valence electrons. The standard InChI is InChI=1S/C23H16N6O/c1-30-18-11-9-16(10-12-18)22-26-27-23-20-8-3-2-7-19(20)21(28-29(22)23)25-17-6-4-5-15(13-17)14-24/h2-13H,1H3,(H,25,28). The summed E-state index contributed by atoms with van der Waals surface area (Å²) in [6, 6.07) is 25.0. The lowest BCUT2D eigenvalue weighted by Crippen LogP contribution is -2.02. The molecule has 0 aliphatic heterocycles. The van der Waals surface area contributed by atoms with Crippen molar-refractivity contribution in [2.45, 2.75) is 0 Å². The van der Waals surface area contributed by atoms with Crippen LogP contribution in [0.1, 0.15) is 5.56 Å². The van der Waals surface area contributed by atoms with Gasteiger partial charge in [-0.1, -0.05) is 30.3 Å². The van der Waals surface area contributed by atoms with Crippen molar-refractivity contribution < 1.29 is 4.74 Å². The number of benzene rings is 3. The van der Waals surface area contributed by atoms with Crippen LogP contribution in [0.5, 0.6) is 5.75 Å². The summed E-state index contributed by atoms with van der Waals surface area (Å²) >= 11 is 0. The smallest absolute Gasteiger partial charge is 0.186 e. The third-order valence-corrected chi connectivity index (χ3v) is 4.87. The molecule has 0 bridgehead atoms. The van der Waals surface area contributed by atoms with Crippen molar-refractivity contribution >= 4 is 27.9 Å². The van der Waals surface area contributed by atoms with Gasteiger partial charge >= 0.3 is 0 Å². The third-order valence-electron chi connectivity index (χ3n) is 4.87. The number of hydrogen-bond donors (Lipinski definition) is 1. The fourth-order valence-electron chi connectivity index (χ4n) is 3.40. The number of rotatable bonds is 4. The van der Waals surface area contributed by atoms with Gasteiger partial charge in [0.2, 0.25) is 0 Å². The van der Waals surface area contributed by atoms with E-state index in [0.717, 1.165) is 27.8 Å². The Balaban J connectivity index is 1.70. The maximum absolute atomic E-state index is 9.19. The highest BCUT2D eigenvalue weighted by atomic mass is 16.5. The van der Waals surface area contributed by atoms with Crippen LogP contribution in [0.4, 0.5) is 11.5 Å². The summed E-state index contributed by atoms with van der Waals surface area (Å²) < 4.78 is 6.98.